The number of ether oxygens (including phenoxy) is 7. The molecule has 1 aromatic carbocycles. The number of hydrogen-bond donors (Lipinski definition) is 4. The van der Waals surface area contributed by atoms with E-state index in [-0.39, 0.29) is 63.5 Å². The van der Waals surface area contributed by atoms with E-state index in [9.17, 15) is 24.0 Å². The lowest BCUT2D eigenvalue weighted by Crippen LogP contribution is -2.49. The van der Waals surface area contributed by atoms with Gasteiger partial charge in [-0.25, -0.2) is 14.4 Å². The Labute approximate surface area is 400 Å². The van der Waals surface area contributed by atoms with Crippen LogP contribution in [0.5, 0.6) is 0 Å². The summed E-state index contributed by atoms with van der Waals surface area (Å²) in [6.45, 7) is 12.5. The number of amides is 4. The van der Waals surface area contributed by atoms with Crippen molar-refractivity contribution in [1.82, 2.24) is 21.3 Å². The quantitative estimate of drug-likeness (QED) is 0.0276. The van der Waals surface area contributed by atoms with E-state index in [0.29, 0.717) is 32.9 Å². The molecule has 0 aliphatic carbocycles. The minimum absolute atomic E-state index is 0.0186. The molecule has 0 radical (unpaired) electrons. The van der Waals surface area contributed by atoms with Crippen molar-refractivity contribution in [2.45, 2.75) is 168 Å². The van der Waals surface area contributed by atoms with Crippen LogP contribution in [0.4, 0.5) is 14.4 Å². The van der Waals surface area contributed by atoms with E-state index in [1.807, 2.05) is 51.1 Å². The normalized spacial score (nSPS) is 12.1. The van der Waals surface area contributed by atoms with Gasteiger partial charge < -0.3 is 54.4 Å². The fourth-order valence-electron chi connectivity index (χ4n) is 6.29. The number of nitrogens with one attached hydrogen (secondary N) is 4. The van der Waals surface area contributed by atoms with Crippen LogP contribution in [0.3, 0.4) is 0 Å². The molecular weight excluding hydrogens is 869 g/mol. The number of carbonyl (C=O) groups excluding carboxylic acids is 5. The molecule has 0 aliphatic heterocycles. The lowest BCUT2D eigenvalue weighted by atomic mass is 10.1. The van der Waals surface area contributed by atoms with Gasteiger partial charge in [-0.2, -0.15) is 11.8 Å². The molecule has 380 valence electrons. The van der Waals surface area contributed by atoms with Crippen LogP contribution in [-0.2, 0) is 49.4 Å². The van der Waals surface area contributed by atoms with Gasteiger partial charge in [-0.15, -0.1) is 0 Å². The summed E-state index contributed by atoms with van der Waals surface area (Å²) in [5.74, 6) is -0.493. The van der Waals surface area contributed by atoms with Crippen LogP contribution in [-0.4, -0.2) is 125 Å². The van der Waals surface area contributed by atoms with Crippen LogP contribution in [0.15, 0.2) is 30.3 Å². The second-order valence-electron chi connectivity index (χ2n) is 17.2. The fraction of sp³-hybridized carbons (Fsp3) is 0.776. The zero-order valence-electron chi connectivity index (χ0n) is 41.1. The summed E-state index contributed by atoms with van der Waals surface area (Å²) in [7, 11) is 0. The van der Waals surface area contributed by atoms with Crippen LogP contribution in [0.25, 0.3) is 0 Å². The van der Waals surface area contributed by atoms with Crippen LogP contribution in [0.1, 0.15) is 149 Å². The molecule has 2 unspecified atom stereocenters. The molecule has 66 heavy (non-hydrogen) atoms. The predicted molar refractivity (Wildman–Crippen MR) is 260 cm³/mol. The first-order valence-corrected chi connectivity index (χ1v) is 25.7. The molecule has 0 heterocycles. The predicted octanol–water partition coefficient (Wildman–Crippen LogP) is 9.01. The van der Waals surface area contributed by atoms with Crippen LogP contribution < -0.4 is 21.3 Å². The Morgan fingerprint density at radius 1 is 0.576 bits per heavy atom. The molecule has 0 saturated carbocycles. The summed E-state index contributed by atoms with van der Waals surface area (Å²) in [6, 6.07) is 8.17. The second-order valence-corrected chi connectivity index (χ2v) is 18.3. The Balaban J connectivity index is 2.67. The average Bonchev–Trinajstić information content (AvgIpc) is 3.28. The maximum Gasteiger partial charge on any atom is 0.408 e. The highest BCUT2D eigenvalue weighted by Crippen LogP contribution is 2.13. The zero-order valence-corrected chi connectivity index (χ0v) is 41.9. The Hall–Kier alpha value is -3.80. The van der Waals surface area contributed by atoms with Gasteiger partial charge in [0.15, 0.2) is 0 Å². The summed E-state index contributed by atoms with van der Waals surface area (Å²) >= 11 is 1.26. The molecule has 4 amide bonds. The average molecular weight is 955 g/mol. The van der Waals surface area contributed by atoms with Gasteiger partial charge in [-0.1, -0.05) is 134 Å². The van der Waals surface area contributed by atoms with Crippen molar-refractivity contribution >= 4 is 41.9 Å². The first-order valence-electron chi connectivity index (χ1n) is 24.6. The molecule has 0 spiro atoms. The van der Waals surface area contributed by atoms with Crippen molar-refractivity contribution in [3.05, 3.63) is 35.9 Å². The summed E-state index contributed by atoms with van der Waals surface area (Å²) in [5.41, 5.74) is 0.256. The molecule has 0 saturated heterocycles. The van der Waals surface area contributed by atoms with Crippen molar-refractivity contribution < 1.29 is 57.1 Å². The van der Waals surface area contributed by atoms with Gasteiger partial charge in [-0.3, -0.25) is 9.59 Å². The van der Waals surface area contributed by atoms with E-state index in [4.69, 9.17) is 33.2 Å². The molecule has 2 atom stereocenters. The smallest absolute Gasteiger partial charge is 0.408 e. The number of esters is 1. The van der Waals surface area contributed by atoms with Crippen molar-refractivity contribution in [2.24, 2.45) is 0 Å². The standard InChI is InChI=1S/C49H86N4O12S/c1-6-8-10-12-14-16-18-23-28-51-46(56)63-38-42(64-47(57)52-29-24-19-17-15-13-11-9-7-2)39-66-40-43(53-48(58)62-37-41-25-21-20-22-26-41)45(55)50-30-32-60-34-36-61-35-33-59-31-27-44(54)65-49(3,4)5/h20-22,25-26,42-43H,6-19,23-24,27-40H2,1-5H3,(H,50,55)(H,51,56)(H,52,57)(H,53,58). The topological polar surface area (TPSA) is 198 Å². The van der Waals surface area contributed by atoms with Gasteiger partial charge in [0.1, 0.15) is 31.0 Å². The lowest BCUT2D eigenvalue weighted by Gasteiger charge is -2.21. The molecular formula is C49H86N4O12S. The van der Waals surface area contributed by atoms with Crippen molar-refractivity contribution in [2.75, 3.05) is 77.4 Å². The number of rotatable bonds is 41. The number of unbranched alkanes of at least 4 members (excludes halogenated alkanes) is 14. The van der Waals surface area contributed by atoms with Crippen molar-refractivity contribution in [3.8, 4) is 0 Å². The molecule has 0 aliphatic rings. The van der Waals surface area contributed by atoms with Crippen LogP contribution in [0.2, 0.25) is 0 Å². The van der Waals surface area contributed by atoms with Crippen LogP contribution >= 0.6 is 11.8 Å². The molecule has 1 aromatic rings. The molecule has 0 fully saturated rings. The molecule has 1 rings (SSSR count). The van der Waals surface area contributed by atoms with E-state index in [1.165, 1.54) is 76.0 Å². The Morgan fingerprint density at radius 3 is 1.68 bits per heavy atom. The molecule has 16 nitrogen and oxygen atoms in total. The fourth-order valence-corrected chi connectivity index (χ4v) is 7.33. The molecule has 0 aromatic heterocycles. The van der Waals surface area contributed by atoms with Gasteiger partial charge in [0, 0.05) is 31.1 Å². The Morgan fingerprint density at radius 2 is 1.11 bits per heavy atom. The Kier molecular flexibility index (Phi) is 37.8. The van der Waals surface area contributed by atoms with E-state index in [0.717, 1.165) is 44.1 Å². The summed E-state index contributed by atoms with van der Waals surface area (Å²) < 4.78 is 38.4. The third-order valence-electron chi connectivity index (χ3n) is 9.84. The Bertz CT molecular complexity index is 1390. The molecule has 0 bridgehead atoms. The summed E-state index contributed by atoms with van der Waals surface area (Å²) in [4.78, 5) is 63.5. The summed E-state index contributed by atoms with van der Waals surface area (Å²) in [5, 5.41) is 11.1. The van der Waals surface area contributed by atoms with Gasteiger partial charge in [0.05, 0.1) is 46.1 Å². The summed E-state index contributed by atoms with van der Waals surface area (Å²) in [6.07, 6.45) is 15.6. The maximum absolute atomic E-state index is 13.4. The number of alkyl carbamates (subject to hydrolysis) is 3. The number of thioether (sulfide) groups is 1. The van der Waals surface area contributed by atoms with Gasteiger partial charge >= 0.3 is 24.2 Å². The highest BCUT2D eigenvalue weighted by Gasteiger charge is 2.24. The van der Waals surface area contributed by atoms with Gasteiger partial charge in [0.2, 0.25) is 5.91 Å². The minimum Gasteiger partial charge on any atom is -0.460 e. The maximum atomic E-state index is 13.4. The lowest BCUT2D eigenvalue weighted by molar-refractivity contribution is -0.156. The first kappa shape index (κ1) is 60.2. The van der Waals surface area contributed by atoms with Crippen molar-refractivity contribution in [1.29, 1.82) is 0 Å². The SMILES string of the molecule is CCCCCCCCCCNC(=O)OCC(CSCC(NC(=O)OCc1ccccc1)C(=O)NCCOCCOCCOCCC(=O)OC(C)(C)C)OC(=O)NCCCCCCCCCC. The molecule has 4 N–H and O–H groups in total. The third kappa shape index (κ3) is 38.3. The first-order chi connectivity index (χ1) is 31.9. The van der Waals surface area contributed by atoms with E-state index >= 15 is 0 Å². The molecule has 17 heteroatoms. The number of benzene rings is 1. The zero-order chi connectivity index (χ0) is 48.4. The second kappa shape index (κ2) is 41.4. The number of hydrogen-bond acceptors (Lipinski definition) is 13. The largest absolute Gasteiger partial charge is 0.460 e. The minimum atomic E-state index is -1.01. The van der Waals surface area contributed by atoms with Crippen molar-refractivity contribution in [3.63, 3.8) is 0 Å². The van der Waals surface area contributed by atoms with Gasteiger partial charge in [-0.05, 0) is 39.2 Å². The van der Waals surface area contributed by atoms with E-state index < -0.39 is 41.9 Å². The monoisotopic (exact) mass is 955 g/mol. The number of carbonyl (C=O) groups is 5. The van der Waals surface area contributed by atoms with E-state index in [2.05, 4.69) is 35.1 Å². The highest BCUT2D eigenvalue weighted by atomic mass is 32.2. The highest BCUT2D eigenvalue weighted by molar-refractivity contribution is 7.99. The van der Waals surface area contributed by atoms with Gasteiger partial charge in [0.25, 0.3) is 0 Å². The van der Waals surface area contributed by atoms with Crippen LogP contribution in [0, 0.1) is 0 Å². The van der Waals surface area contributed by atoms with E-state index in [1.54, 1.807) is 0 Å². The third-order valence-corrected chi connectivity index (χ3v) is 11.0.